The van der Waals surface area contributed by atoms with Gasteiger partial charge in [-0.3, -0.25) is 14.4 Å². The number of hydrogen-bond donors (Lipinski definition) is 1. The standard InChI is InChI=1S/C24H26Cl2N4O3/c1-2-30-21-8-6-17(14-20(21)27-22(31)24(30)33)23(32)29(12-11-28-9-3-4-10-28)15-16-5-7-18(25)19(26)13-16/h5-8,13-14H,2-4,9-12,15H2,1H3,(H,27,31). The van der Waals surface area contributed by atoms with E-state index in [-0.39, 0.29) is 5.91 Å². The fourth-order valence-electron chi connectivity index (χ4n) is 4.29. The molecule has 1 saturated heterocycles. The van der Waals surface area contributed by atoms with Crippen LogP contribution in [0, 0.1) is 0 Å². The summed E-state index contributed by atoms with van der Waals surface area (Å²) >= 11 is 12.2. The van der Waals surface area contributed by atoms with Gasteiger partial charge in [0.2, 0.25) is 0 Å². The Morgan fingerprint density at radius 1 is 1.06 bits per heavy atom. The first kappa shape index (κ1) is 23.5. The maximum atomic E-state index is 13.5. The number of H-pyrrole nitrogens is 1. The van der Waals surface area contributed by atoms with Crippen molar-refractivity contribution in [1.82, 2.24) is 19.4 Å². The van der Waals surface area contributed by atoms with Crippen molar-refractivity contribution in [2.75, 3.05) is 26.2 Å². The van der Waals surface area contributed by atoms with Gasteiger partial charge in [0.05, 0.1) is 21.1 Å². The van der Waals surface area contributed by atoms with E-state index in [2.05, 4.69) is 9.88 Å². The Kier molecular flexibility index (Phi) is 7.22. The SMILES string of the molecule is CCn1c(=O)c(=O)[nH]c2cc(C(=O)N(CCN3CCCC3)Cc3ccc(Cl)c(Cl)c3)ccc21. The molecule has 1 amide bonds. The molecule has 0 saturated carbocycles. The number of hydrogen-bond acceptors (Lipinski definition) is 4. The molecule has 1 aromatic heterocycles. The van der Waals surface area contributed by atoms with Crippen molar-refractivity contribution in [3.05, 3.63) is 78.3 Å². The van der Waals surface area contributed by atoms with Gasteiger partial charge in [-0.25, -0.2) is 0 Å². The molecule has 2 aromatic carbocycles. The molecule has 0 spiro atoms. The highest BCUT2D eigenvalue weighted by Crippen LogP contribution is 2.24. The van der Waals surface area contributed by atoms with Gasteiger partial charge in [0.25, 0.3) is 5.91 Å². The molecule has 1 aliphatic heterocycles. The van der Waals surface area contributed by atoms with Gasteiger partial charge < -0.3 is 19.4 Å². The van der Waals surface area contributed by atoms with Crippen LogP contribution in [-0.2, 0) is 13.1 Å². The summed E-state index contributed by atoms with van der Waals surface area (Å²) in [5.41, 5.74) is 1.08. The Hall–Kier alpha value is -2.61. The van der Waals surface area contributed by atoms with Crippen LogP contribution in [0.3, 0.4) is 0 Å². The fourth-order valence-corrected chi connectivity index (χ4v) is 4.61. The summed E-state index contributed by atoms with van der Waals surface area (Å²) in [5, 5.41) is 0.915. The summed E-state index contributed by atoms with van der Waals surface area (Å²) in [6, 6.07) is 10.4. The average molecular weight is 489 g/mol. The van der Waals surface area contributed by atoms with Gasteiger partial charge in [-0.15, -0.1) is 0 Å². The van der Waals surface area contributed by atoms with Gasteiger partial charge in [-0.2, -0.15) is 0 Å². The van der Waals surface area contributed by atoms with Crippen molar-refractivity contribution >= 4 is 40.1 Å². The number of aryl methyl sites for hydroxylation is 1. The zero-order valence-corrected chi connectivity index (χ0v) is 20.0. The Bertz CT molecular complexity index is 1300. The molecule has 9 heteroatoms. The second-order valence-electron chi connectivity index (χ2n) is 8.26. The fraction of sp³-hybridized carbons (Fsp3) is 0.375. The number of likely N-dealkylation sites (tertiary alicyclic amines) is 1. The van der Waals surface area contributed by atoms with E-state index in [1.807, 2.05) is 6.07 Å². The highest BCUT2D eigenvalue weighted by molar-refractivity contribution is 6.42. The van der Waals surface area contributed by atoms with E-state index in [4.69, 9.17) is 23.2 Å². The van der Waals surface area contributed by atoms with Crippen LogP contribution in [0.5, 0.6) is 0 Å². The number of nitrogens with zero attached hydrogens (tertiary/aromatic N) is 3. The van der Waals surface area contributed by atoms with Crippen LogP contribution >= 0.6 is 23.2 Å². The second kappa shape index (κ2) is 10.1. The molecule has 33 heavy (non-hydrogen) atoms. The van der Waals surface area contributed by atoms with E-state index >= 15 is 0 Å². The zero-order chi connectivity index (χ0) is 23.5. The molecule has 7 nitrogen and oxygen atoms in total. The van der Waals surface area contributed by atoms with E-state index in [0.29, 0.717) is 46.3 Å². The Balaban J connectivity index is 1.65. The molecule has 4 rings (SSSR count). The Morgan fingerprint density at radius 2 is 1.82 bits per heavy atom. The predicted octanol–water partition coefficient (Wildman–Crippen LogP) is 3.75. The minimum Gasteiger partial charge on any atom is -0.333 e. The van der Waals surface area contributed by atoms with Crippen molar-refractivity contribution in [2.45, 2.75) is 32.9 Å². The van der Waals surface area contributed by atoms with Crippen LogP contribution in [0.2, 0.25) is 10.0 Å². The number of aromatic nitrogens is 2. The average Bonchev–Trinajstić information content (AvgIpc) is 3.33. The van der Waals surface area contributed by atoms with Gasteiger partial charge in [-0.05, 0) is 68.8 Å². The van der Waals surface area contributed by atoms with Crippen LogP contribution in [0.1, 0.15) is 35.7 Å². The summed E-state index contributed by atoms with van der Waals surface area (Å²) in [5.74, 6) is -0.155. The van der Waals surface area contributed by atoms with Crippen LogP contribution < -0.4 is 11.1 Å². The summed E-state index contributed by atoms with van der Waals surface area (Å²) in [7, 11) is 0. The lowest BCUT2D eigenvalue weighted by Crippen LogP contribution is -2.38. The number of fused-ring (bicyclic) bond motifs is 1. The minimum absolute atomic E-state index is 0.155. The van der Waals surface area contributed by atoms with E-state index in [0.717, 1.165) is 25.2 Å². The molecule has 1 aliphatic rings. The van der Waals surface area contributed by atoms with Crippen LogP contribution in [-0.4, -0.2) is 51.4 Å². The van der Waals surface area contributed by atoms with Gasteiger partial charge in [0, 0.05) is 31.7 Å². The van der Waals surface area contributed by atoms with Crippen LogP contribution in [0.4, 0.5) is 0 Å². The molecule has 0 unspecified atom stereocenters. The molecule has 1 N–H and O–H groups in total. The quantitative estimate of drug-likeness (QED) is 0.513. The largest absolute Gasteiger partial charge is 0.333 e. The molecule has 3 aromatic rings. The smallest absolute Gasteiger partial charge is 0.316 e. The lowest BCUT2D eigenvalue weighted by Gasteiger charge is -2.26. The molecule has 2 heterocycles. The summed E-state index contributed by atoms with van der Waals surface area (Å²) in [6.45, 7) is 5.98. The highest BCUT2D eigenvalue weighted by atomic mass is 35.5. The van der Waals surface area contributed by atoms with Crippen molar-refractivity contribution in [1.29, 1.82) is 0 Å². The van der Waals surface area contributed by atoms with Crippen molar-refractivity contribution in [3.63, 3.8) is 0 Å². The number of aromatic amines is 1. The maximum absolute atomic E-state index is 13.5. The first-order valence-corrected chi connectivity index (χ1v) is 11.9. The molecular formula is C24H26Cl2N4O3. The third kappa shape index (κ3) is 5.16. The number of carbonyl (C=O) groups excluding carboxylic acids is 1. The summed E-state index contributed by atoms with van der Waals surface area (Å²) in [4.78, 5) is 44.5. The number of halogens is 2. The van der Waals surface area contributed by atoms with Crippen molar-refractivity contribution in [3.8, 4) is 0 Å². The van der Waals surface area contributed by atoms with Gasteiger partial charge in [0.15, 0.2) is 0 Å². The summed E-state index contributed by atoms with van der Waals surface area (Å²) in [6.07, 6.45) is 2.36. The molecule has 0 bridgehead atoms. The van der Waals surface area contributed by atoms with Gasteiger partial charge >= 0.3 is 11.1 Å². The van der Waals surface area contributed by atoms with E-state index in [9.17, 15) is 14.4 Å². The van der Waals surface area contributed by atoms with E-state index in [1.165, 1.54) is 17.4 Å². The normalized spacial score (nSPS) is 14.2. The number of benzene rings is 2. The number of carbonyl (C=O) groups is 1. The Morgan fingerprint density at radius 3 is 2.52 bits per heavy atom. The lowest BCUT2D eigenvalue weighted by molar-refractivity contribution is 0.0727. The number of nitrogens with one attached hydrogen (secondary N) is 1. The first-order chi connectivity index (χ1) is 15.9. The number of rotatable bonds is 7. The van der Waals surface area contributed by atoms with Crippen LogP contribution in [0.15, 0.2) is 46.0 Å². The van der Waals surface area contributed by atoms with Crippen LogP contribution in [0.25, 0.3) is 11.0 Å². The molecular weight excluding hydrogens is 463 g/mol. The molecule has 0 aliphatic carbocycles. The molecule has 174 valence electrons. The molecule has 0 radical (unpaired) electrons. The zero-order valence-electron chi connectivity index (χ0n) is 18.4. The molecule has 0 atom stereocenters. The second-order valence-corrected chi connectivity index (χ2v) is 9.07. The first-order valence-electron chi connectivity index (χ1n) is 11.1. The Labute approximate surface area is 201 Å². The third-order valence-electron chi connectivity index (χ3n) is 6.07. The van der Waals surface area contributed by atoms with Crippen molar-refractivity contribution < 1.29 is 4.79 Å². The topological polar surface area (TPSA) is 78.4 Å². The highest BCUT2D eigenvalue weighted by Gasteiger charge is 2.20. The monoisotopic (exact) mass is 488 g/mol. The predicted molar refractivity (Wildman–Crippen MR) is 131 cm³/mol. The minimum atomic E-state index is -0.698. The van der Waals surface area contributed by atoms with E-state index < -0.39 is 11.1 Å². The van der Waals surface area contributed by atoms with E-state index in [1.54, 1.807) is 42.2 Å². The lowest BCUT2D eigenvalue weighted by atomic mass is 10.1. The van der Waals surface area contributed by atoms with Gasteiger partial charge in [-0.1, -0.05) is 29.3 Å². The summed E-state index contributed by atoms with van der Waals surface area (Å²) < 4.78 is 1.41. The number of amides is 1. The maximum Gasteiger partial charge on any atom is 0.316 e. The third-order valence-corrected chi connectivity index (χ3v) is 6.81. The van der Waals surface area contributed by atoms with Crippen molar-refractivity contribution in [2.24, 2.45) is 0 Å². The molecule has 1 fully saturated rings. The van der Waals surface area contributed by atoms with Gasteiger partial charge in [0.1, 0.15) is 0 Å².